The normalized spacial score (nSPS) is 20.1. The first-order valence-corrected chi connectivity index (χ1v) is 9.52. The average Bonchev–Trinajstić information content (AvgIpc) is 3.05. The van der Waals surface area contributed by atoms with Crippen LogP contribution < -0.4 is 10.9 Å². The fourth-order valence-electron chi connectivity index (χ4n) is 3.89. The third kappa shape index (κ3) is 4.14. The SMILES string of the molecule is O=c1cc(CCCN2CCOCC2)nc(NC2CCc3ccccc32)[nH]1. The second kappa shape index (κ2) is 8.01. The van der Waals surface area contributed by atoms with Crippen LogP contribution in [0.5, 0.6) is 0 Å². The van der Waals surface area contributed by atoms with Gasteiger partial charge in [-0.1, -0.05) is 24.3 Å². The first kappa shape index (κ1) is 17.2. The lowest BCUT2D eigenvalue weighted by Gasteiger charge is -2.26. The van der Waals surface area contributed by atoms with Gasteiger partial charge < -0.3 is 10.1 Å². The Morgan fingerprint density at radius 2 is 2.12 bits per heavy atom. The second-order valence-electron chi connectivity index (χ2n) is 7.08. The summed E-state index contributed by atoms with van der Waals surface area (Å²) in [7, 11) is 0. The Kier molecular flexibility index (Phi) is 5.32. The van der Waals surface area contributed by atoms with Crippen LogP contribution >= 0.6 is 0 Å². The molecule has 138 valence electrons. The molecule has 0 spiro atoms. The first-order chi connectivity index (χ1) is 12.8. The number of aromatic nitrogens is 2. The molecule has 1 fully saturated rings. The van der Waals surface area contributed by atoms with E-state index in [1.54, 1.807) is 6.07 Å². The number of morpholine rings is 1. The van der Waals surface area contributed by atoms with E-state index in [0.717, 1.165) is 64.2 Å². The van der Waals surface area contributed by atoms with Crippen molar-refractivity contribution in [1.29, 1.82) is 0 Å². The lowest BCUT2D eigenvalue weighted by molar-refractivity contribution is 0.0374. The van der Waals surface area contributed by atoms with Gasteiger partial charge in [-0.15, -0.1) is 0 Å². The molecule has 1 unspecified atom stereocenters. The fourth-order valence-corrected chi connectivity index (χ4v) is 3.89. The summed E-state index contributed by atoms with van der Waals surface area (Å²) in [6, 6.07) is 10.3. The molecule has 0 amide bonds. The van der Waals surface area contributed by atoms with Crippen LogP contribution in [-0.2, 0) is 17.6 Å². The van der Waals surface area contributed by atoms with Gasteiger partial charge in [-0.25, -0.2) is 4.98 Å². The van der Waals surface area contributed by atoms with Crippen LogP contribution in [-0.4, -0.2) is 47.7 Å². The molecule has 1 aromatic heterocycles. The third-order valence-electron chi connectivity index (χ3n) is 5.25. The summed E-state index contributed by atoms with van der Waals surface area (Å²) in [6.45, 7) is 4.66. The minimum absolute atomic E-state index is 0.0878. The van der Waals surface area contributed by atoms with E-state index in [1.807, 2.05) is 0 Å². The molecule has 0 radical (unpaired) electrons. The molecule has 1 atom stereocenters. The lowest BCUT2D eigenvalue weighted by Crippen LogP contribution is -2.37. The third-order valence-corrected chi connectivity index (χ3v) is 5.25. The van der Waals surface area contributed by atoms with Crippen LogP contribution in [0.15, 0.2) is 35.1 Å². The molecule has 2 N–H and O–H groups in total. The zero-order chi connectivity index (χ0) is 17.8. The van der Waals surface area contributed by atoms with E-state index in [2.05, 4.69) is 44.5 Å². The van der Waals surface area contributed by atoms with Gasteiger partial charge in [-0.3, -0.25) is 14.7 Å². The second-order valence-corrected chi connectivity index (χ2v) is 7.08. The Bertz CT molecular complexity index is 798. The summed E-state index contributed by atoms with van der Waals surface area (Å²) < 4.78 is 5.38. The van der Waals surface area contributed by atoms with Crippen molar-refractivity contribution < 1.29 is 4.74 Å². The smallest absolute Gasteiger partial charge is 0.252 e. The molecule has 26 heavy (non-hydrogen) atoms. The predicted octanol–water partition coefficient (Wildman–Crippen LogP) is 2.13. The van der Waals surface area contributed by atoms with Crippen molar-refractivity contribution in [2.24, 2.45) is 0 Å². The van der Waals surface area contributed by atoms with Crippen molar-refractivity contribution in [1.82, 2.24) is 14.9 Å². The highest BCUT2D eigenvalue weighted by Crippen LogP contribution is 2.32. The molecule has 1 aliphatic carbocycles. The van der Waals surface area contributed by atoms with E-state index in [-0.39, 0.29) is 11.6 Å². The number of nitrogens with one attached hydrogen (secondary N) is 2. The molecule has 2 aromatic rings. The molecule has 2 heterocycles. The van der Waals surface area contributed by atoms with Gasteiger partial charge in [0.2, 0.25) is 5.95 Å². The van der Waals surface area contributed by atoms with Gasteiger partial charge in [0.05, 0.1) is 19.3 Å². The van der Waals surface area contributed by atoms with Crippen molar-refractivity contribution in [3.8, 4) is 0 Å². The molecule has 1 aliphatic heterocycles. The Labute approximate surface area is 153 Å². The number of nitrogens with zero attached hydrogens (tertiary/aromatic N) is 2. The number of hydrogen-bond acceptors (Lipinski definition) is 5. The van der Waals surface area contributed by atoms with Gasteiger partial charge in [0, 0.05) is 24.8 Å². The zero-order valence-corrected chi connectivity index (χ0v) is 15.0. The number of fused-ring (bicyclic) bond motifs is 1. The van der Waals surface area contributed by atoms with Gasteiger partial charge in [-0.05, 0) is 43.4 Å². The molecule has 6 nitrogen and oxygen atoms in total. The van der Waals surface area contributed by atoms with Gasteiger partial charge in [0.25, 0.3) is 5.56 Å². The topological polar surface area (TPSA) is 70.2 Å². The average molecular weight is 354 g/mol. The highest BCUT2D eigenvalue weighted by Gasteiger charge is 2.22. The Morgan fingerprint density at radius 3 is 3.00 bits per heavy atom. The number of aromatic amines is 1. The molecule has 1 saturated heterocycles. The Hall–Kier alpha value is -2.18. The predicted molar refractivity (Wildman–Crippen MR) is 102 cm³/mol. The number of H-pyrrole nitrogens is 1. The fraction of sp³-hybridized carbons (Fsp3) is 0.500. The summed E-state index contributed by atoms with van der Waals surface area (Å²) in [6.07, 6.45) is 3.92. The van der Waals surface area contributed by atoms with Crippen molar-refractivity contribution in [3.63, 3.8) is 0 Å². The molecule has 0 bridgehead atoms. The molecule has 1 aromatic carbocycles. The number of hydrogen-bond donors (Lipinski definition) is 2. The van der Waals surface area contributed by atoms with E-state index in [0.29, 0.717) is 5.95 Å². The minimum Gasteiger partial charge on any atom is -0.379 e. The van der Waals surface area contributed by atoms with Crippen molar-refractivity contribution in [3.05, 3.63) is 57.5 Å². The van der Waals surface area contributed by atoms with Crippen molar-refractivity contribution >= 4 is 5.95 Å². The van der Waals surface area contributed by atoms with Crippen LogP contribution in [0.2, 0.25) is 0 Å². The van der Waals surface area contributed by atoms with Gasteiger partial charge in [-0.2, -0.15) is 0 Å². The Balaban J connectivity index is 1.38. The maximum atomic E-state index is 12.0. The monoisotopic (exact) mass is 354 g/mol. The number of ether oxygens (including phenoxy) is 1. The molecule has 0 saturated carbocycles. The number of rotatable bonds is 6. The lowest BCUT2D eigenvalue weighted by atomic mass is 10.1. The van der Waals surface area contributed by atoms with Gasteiger partial charge in [0.15, 0.2) is 0 Å². The van der Waals surface area contributed by atoms with Crippen molar-refractivity contribution in [2.75, 3.05) is 38.2 Å². The Morgan fingerprint density at radius 1 is 1.27 bits per heavy atom. The van der Waals surface area contributed by atoms with Crippen LogP contribution in [0.25, 0.3) is 0 Å². The highest BCUT2D eigenvalue weighted by molar-refractivity contribution is 5.40. The first-order valence-electron chi connectivity index (χ1n) is 9.52. The van der Waals surface area contributed by atoms with Crippen LogP contribution in [0, 0.1) is 0 Å². The quantitative estimate of drug-likeness (QED) is 0.832. The summed E-state index contributed by atoms with van der Waals surface area (Å²) >= 11 is 0. The largest absolute Gasteiger partial charge is 0.379 e. The number of aryl methyl sites for hydroxylation is 2. The molecule has 6 heteroatoms. The van der Waals surface area contributed by atoms with Gasteiger partial charge >= 0.3 is 0 Å². The molecule has 2 aliphatic rings. The standard InChI is InChI=1S/C20H26N4O2/c25-19-14-16(5-3-9-24-10-12-26-13-11-24)21-20(23-19)22-18-8-7-15-4-1-2-6-17(15)18/h1-2,4,6,14,18H,3,5,7-13H2,(H2,21,22,23,25). The van der Waals surface area contributed by atoms with E-state index in [9.17, 15) is 4.79 Å². The molecule has 4 rings (SSSR count). The van der Waals surface area contributed by atoms with E-state index in [1.165, 1.54) is 11.1 Å². The number of anilines is 1. The van der Waals surface area contributed by atoms with E-state index >= 15 is 0 Å². The maximum absolute atomic E-state index is 12.0. The zero-order valence-electron chi connectivity index (χ0n) is 15.0. The summed E-state index contributed by atoms with van der Waals surface area (Å²) in [5.41, 5.74) is 3.47. The van der Waals surface area contributed by atoms with Crippen molar-refractivity contribution in [2.45, 2.75) is 31.7 Å². The van der Waals surface area contributed by atoms with Gasteiger partial charge in [0.1, 0.15) is 0 Å². The minimum atomic E-state index is -0.0878. The summed E-state index contributed by atoms with van der Waals surface area (Å²) in [5.74, 6) is 0.584. The summed E-state index contributed by atoms with van der Waals surface area (Å²) in [5, 5.41) is 3.42. The van der Waals surface area contributed by atoms with E-state index < -0.39 is 0 Å². The van der Waals surface area contributed by atoms with Crippen LogP contribution in [0.3, 0.4) is 0 Å². The molecular formula is C20H26N4O2. The maximum Gasteiger partial charge on any atom is 0.252 e. The van der Waals surface area contributed by atoms with Crippen LogP contribution in [0.1, 0.15) is 35.7 Å². The van der Waals surface area contributed by atoms with E-state index in [4.69, 9.17) is 4.74 Å². The molecular weight excluding hydrogens is 328 g/mol. The summed E-state index contributed by atoms with van der Waals surface area (Å²) in [4.78, 5) is 21.9. The highest BCUT2D eigenvalue weighted by atomic mass is 16.5. The number of benzene rings is 1. The van der Waals surface area contributed by atoms with Crippen LogP contribution in [0.4, 0.5) is 5.95 Å².